The number of Topliss-reactive ketones (excluding diaryl/α,β-unsaturated/α-hetero) is 1. The Kier molecular flexibility index (Phi) is 5.03. The number of hydrogen-bond donors (Lipinski definition) is 1. The van der Waals surface area contributed by atoms with Crippen LogP contribution >= 0.6 is 11.3 Å². The van der Waals surface area contributed by atoms with Crippen molar-refractivity contribution < 1.29 is 13.9 Å². The van der Waals surface area contributed by atoms with Crippen LogP contribution in [-0.4, -0.2) is 27.6 Å². The van der Waals surface area contributed by atoms with Crippen LogP contribution in [0.3, 0.4) is 0 Å². The highest BCUT2D eigenvalue weighted by atomic mass is 32.1. The zero-order valence-corrected chi connectivity index (χ0v) is 16.0. The van der Waals surface area contributed by atoms with Crippen LogP contribution < -0.4 is 10.5 Å². The van der Waals surface area contributed by atoms with Crippen LogP contribution in [0, 0.1) is 0 Å². The molecular weight excluding hydrogens is 376 g/mol. The number of nitrogens with two attached hydrogens (primary N) is 1. The van der Waals surface area contributed by atoms with Crippen molar-refractivity contribution >= 4 is 32.5 Å². The molecule has 0 saturated heterocycles. The van der Waals surface area contributed by atoms with Gasteiger partial charge in [-0.05, 0) is 36.8 Å². The molecule has 2 heterocycles. The third-order valence-electron chi connectivity index (χ3n) is 4.10. The maximum Gasteiger partial charge on any atom is 0.251 e. The quantitative estimate of drug-likeness (QED) is 0.510. The van der Waals surface area contributed by atoms with Gasteiger partial charge in [-0.1, -0.05) is 29.5 Å². The molecule has 0 bridgehead atoms. The fourth-order valence-corrected chi connectivity index (χ4v) is 3.71. The number of thiazole rings is 1. The summed E-state index contributed by atoms with van der Waals surface area (Å²) >= 11 is 1.41. The fourth-order valence-electron chi connectivity index (χ4n) is 2.91. The molecule has 0 unspecified atom stereocenters. The Morgan fingerprint density at radius 1 is 1.18 bits per heavy atom. The zero-order chi connectivity index (χ0) is 19.5. The Morgan fingerprint density at radius 2 is 2.04 bits per heavy atom. The van der Waals surface area contributed by atoms with Crippen molar-refractivity contribution in [3.63, 3.8) is 0 Å². The number of anilines is 1. The molecule has 28 heavy (non-hydrogen) atoms. The van der Waals surface area contributed by atoms with Crippen LogP contribution in [0.4, 0.5) is 5.13 Å². The van der Waals surface area contributed by atoms with E-state index in [4.69, 9.17) is 14.9 Å². The number of fused-ring (bicyclic) bond motifs is 1. The highest BCUT2D eigenvalue weighted by Crippen LogP contribution is 2.29. The molecule has 7 nitrogen and oxygen atoms in total. The number of nitrogens with zero attached hydrogens (tertiary/aromatic N) is 3. The van der Waals surface area contributed by atoms with Gasteiger partial charge in [0.05, 0.1) is 28.8 Å². The summed E-state index contributed by atoms with van der Waals surface area (Å²) in [7, 11) is 0. The lowest BCUT2D eigenvalue weighted by molar-refractivity contribution is -0.118. The topological polar surface area (TPSA) is 104 Å². The average Bonchev–Trinajstić information content (AvgIpc) is 3.27. The van der Waals surface area contributed by atoms with Crippen LogP contribution in [0.15, 0.2) is 46.9 Å². The molecular formula is C20H18N4O3S. The van der Waals surface area contributed by atoms with Crippen molar-refractivity contribution in [3.05, 3.63) is 53.9 Å². The minimum Gasteiger partial charge on any atom is -0.493 e. The van der Waals surface area contributed by atoms with E-state index < -0.39 is 0 Å². The Balaban J connectivity index is 1.46. The van der Waals surface area contributed by atoms with Crippen LogP contribution in [-0.2, 0) is 17.6 Å². The molecule has 0 aliphatic carbocycles. The highest BCUT2D eigenvalue weighted by Gasteiger charge is 2.16. The standard InChI is InChI=1S/C20H18N4O3S/c1-2-26-16-6-4-3-5-14(16)19-24-23-18(27-19)11-13(25)9-12-7-8-15-17(10-12)28-20(21)22-15/h3-8,10H,2,9,11H2,1H3,(H2,21,22). The van der Waals surface area contributed by atoms with Crippen LogP contribution in [0.2, 0.25) is 0 Å². The van der Waals surface area contributed by atoms with E-state index in [1.165, 1.54) is 11.3 Å². The Hall–Kier alpha value is -3.26. The molecule has 0 saturated carbocycles. The number of carbonyl (C=O) groups excluding carboxylic acids is 1. The van der Waals surface area contributed by atoms with Gasteiger partial charge in [0, 0.05) is 6.42 Å². The van der Waals surface area contributed by atoms with E-state index in [1.54, 1.807) is 0 Å². The molecule has 142 valence electrons. The van der Waals surface area contributed by atoms with Gasteiger partial charge in [-0.2, -0.15) is 0 Å². The fraction of sp³-hybridized carbons (Fsp3) is 0.200. The van der Waals surface area contributed by atoms with E-state index in [1.807, 2.05) is 49.4 Å². The highest BCUT2D eigenvalue weighted by molar-refractivity contribution is 7.22. The van der Waals surface area contributed by atoms with Gasteiger partial charge in [-0.25, -0.2) is 4.98 Å². The van der Waals surface area contributed by atoms with E-state index in [9.17, 15) is 4.79 Å². The van der Waals surface area contributed by atoms with Gasteiger partial charge in [0.2, 0.25) is 5.89 Å². The molecule has 0 spiro atoms. The summed E-state index contributed by atoms with van der Waals surface area (Å²) in [6, 6.07) is 13.1. The summed E-state index contributed by atoms with van der Waals surface area (Å²) in [4.78, 5) is 16.7. The third kappa shape index (κ3) is 3.86. The molecule has 2 aromatic carbocycles. The smallest absolute Gasteiger partial charge is 0.251 e. The number of ketones is 1. The molecule has 0 aliphatic rings. The lowest BCUT2D eigenvalue weighted by Gasteiger charge is -2.06. The van der Waals surface area contributed by atoms with Gasteiger partial charge in [0.25, 0.3) is 5.89 Å². The van der Waals surface area contributed by atoms with Gasteiger partial charge in [0.15, 0.2) is 5.13 Å². The summed E-state index contributed by atoms with van der Waals surface area (Å²) < 4.78 is 12.2. The van der Waals surface area contributed by atoms with Crippen molar-refractivity contribution in [1.29, 1.82) is 0 Å². The van der Waals surface area contributed by atoms with E-state index >= 15 is 0 Å². The molecule has 0 aliphatic heterocycles. The van der Waals surface area contributed by atoms with E-state index in [0.717, 1.165) is 15.8 Å². The lowest BCUT2D eigenvalue weighted by atomic mass is 10.1. The number of benzene rings is 2. The summed E-state index contributed by atoms with van der Waals surface area (Å²) in [5.74, 6) is 1.29. The first-order valence-corrected chi connectivity index (χ1v) is 9.65. The summed E-state index contributed by atoms with van der Waals surface area (Å²) in [6.07, 6.45) is 0.355. The van der Waals surface area contributed by atoms with Gasteiger partial charge < -0.3 is 14.9 Å². The Bertz CT molecular complexity index is 1140. The summed E-state index contributed by atoms with van der Waals surface area (Å²) in [5.41, 5.74) is 8.19. The molecule has 2 aromatic heterocycles. The number of carbonyl (C=O) groups is 1. The van der Waals surface area contributed by atoms with Gasteiger partial charge in [0.1, 0.15) is 11.5 Å². The summed E-state index contributed by atoms with van der Waals surface area (Å²) in [6.45, 7) is 2.44. The molecule has 2 N–H and O–H groups in total. The number of aromatic nitrogens is 3. The number of hydrogen-bond acceptors (Lipinski definition) is 8. The zero-order valence-electron chi connectivity index (χ0n) is 15.2. The minimum absolute atomic E-state index is 0.00914. The second-order valence-corrected chi connectivity index (χ2v) is 7.24. The molecule has 0 amide bonds. The van der Waals surface area contributed by atoms with Gasteiger partial charge in [-0.3, -0.25) is 4.79 Å². The van der Waals surface area contributed by atoms with Crippen LogP contribution in [0.25, 0.3) is 21.7 Å². The molecule has 8 heteroatoms. The van der Waals surface area contributed by atoms with Crippen molar-refractivity contribution in [1.82, 2.24) is 15.2 Å². The summed E-state index contributed by atoms with van der Waals surface area (Å²) in [5, 5.41) is 8.59. The van der Waals surface area contributed by atoms with Crippen LogP contribution in [0.5, 0.6) is 5.75 Å². The SMILES string of the molecule is CCOc1ccccc1-c1nnc(CC(=O)Cc2ccc3nc(N)sc3c2)o1. The van der Waals surface area contributed by atoms with E-state index in [0.29, 0.717) is 28.9 Å². The Morgan fingerprint density at radius 3 is 2.89 bits per heavy atom. The number of para-hydroxylation sites is 1. The lowest BCUT2D eigenvalue weighted by Crippen LogP contribution is -2.06. The molecule has 0 radical (unpaired) electrons. The van der Waals surface area contributed by atoms with Crippen molar-refractivity contribution in [2.45, 2.75) is 19.8 Å². The second-order valence-electron chi connectivity index (χ2n) is 6.18. The van der Waals surface area contributed by atoms with Gasteiger partial charge in [-0.15, -0.1) is 10.2 Å². The molecule has 0 fully saturated rings. The average molecular weight is 394 g/mol. The van der Waals surface area contributed by atoms with E-state index in [2.05, 4.69) is 15.2 Å². The van der Waals surface area contributed by atoms with Crippen molar-refractivity contribution in [2.24, 2.45) is 0 Å². The normalized spacial score (nSPS) is 11.0. The van der Waals surface area contributed by atoms with Gasteiger partial charge >= 0.3 is 0 Å². The van der Waals surface area contributed by atoms with E-state index in [-0.39, 0.29) is 24.5 Å². The molecule has 4 aromatic rings. The first-order valence-electron chi connectivity index (χ1n) is 8.83. The van der Waals surface area contributed by atoms with Crippen molar-refractivity contribution in [2.75, 3.05) is 12.3 Å². The minimum atomic E-state index is -0.00914. The second kappa shape index (κ2) is 7.77. The first kappa shape index (κ1) is 18.1. The van der Waals surface area contributed by atoms with Crippen molar-refractivity contribution in [3.8, 4) is 17.2 Å². The number of rotatable bonds is 7. The Labute approximate surface area is 165 Å². The number of ether oxygens (including phenoxy) is 1. The monoisotopic (exact) mass is 394 g/mol. The first-order chi connectivity index (χ1) is 13.6. The maximum absolute atomic E-state index is 12.4. The predicted molar refractivity (Wildman–Crippen MR) is 107 cm³/mol. The molecule has 0 atom stereocenters. The maximum atomic E-state index is 12.4. The van der Waals surface area contributed by atoms with Crippen LogP contribution in [0.1, 0.15) is 18.4 Å². The largest absolute Gasteiger partial charge is 0.493 e. The molecule has 4 rings (SSSR count). The predicted octanol–water partition coefficient (Wildman–Crippen LogP) is 3.68. The third-order valence-corrected chi connectivity index (χ3v) is 4.95. The number of nitrogen functional groups attached to an aromatic ring is 1.